The smallest absolute Gasteiger partial charge is 0.123 e. The Labute approximate surface area is 111 Å². The van der Waals surface area contributed by atoms with E-state index in [1.807, 2.05) is 19.1 Å². The Morgan fingerprint density at radius 3 is 2.63 bits per heavy atom. The fourth-order valence-electron chi connectivity index (χ4n) is 2.64. The molecule has 0 saturated carbocycles. The highest BCUT2D eigenvalue weighted by molar-refractivity contribution is 5.45. The van der Waals surface area contributed by atoms with E-state index in [2.05, 4.69) is 0 Å². The van der Waals surface area contributed by atoms with Gasteiger partial charge in [0.25, 0.3) is 0 Å². The highest BCUT2D eigenvalue weighted by Gasteiger charge is 2.27. The lowest BCUT2D eigenvalue weighted by Crippen LogP contribution is -2.23. The van der Waals surface area contributed by atoms with Gasteiger partial charge in [0.15, 0.2) is 0 Å². The van der Waals surface area contributed by atoms with Crippen molar-refractivity contribution in [2.75, 3.05) is 0 Å². The van der Waals surface area contributed by atoms with Crippen LogP contribution in [0.5, 0.6) is 11.5 Å². The molecule has 2 unspecified atom stereocenters. The zero-order valence-corrected chi connectivity index (χ0v) is 10.6. The molecule has 1 N–H and O–H groups in total. The predicted octanol–water partition coefficient (Wildman–Crippen LogP) is 3.83. The fourth-order valence-corrected chi connectivity index (χ4v) is 2.64. The summed E-state index contributed by atoms with van der Waals surface area (Å²) in [5.41, 5.74) is 1.95. The molecule has 2 aromatic rings. The van der Waals surface area contributed by atoms with Gasteiger partial charge in [0.05, 0.1) is 6.10 Å². The van der Waals surface area contributed by atoms with Gasteiger partial charge < -0.3 is 9.84 Å². The summed E-state index contributed by atoms with van der Waals surface area (Å²) in [7, 11) is 0. The minimum absolute atomic E-state index is 0.0942. The molecular formula is C16H15FO2. The first-order valence-corrected chi connectivity index (χ1v) is 6.38. The van der Waals surface area contributed by atoms with Crippen molar-refractivity contribution >= 4 is 0 Å². The lowest BCUT2D eigenvalue weighted by molar-refractivity contribution is 0.182. The first-order valence-electron chi connectivity index (χ1n) is 6.38. The van der Waals surface area contributed by atoms with Crippen LogP contribution in [0.3, 0.4) is 0 Å². The van der Waals surface area contributed by atoms with E-state index in [9.17, 15) is 9.50 Å². The van der Waals surface area contributed by atoms with Crippen molar-refractivity contribution in [3.05, 3.63) is 59.4 Å². The number of rotatable bonds is 1. The van der Waals surface area contributed by atoms with E-state index in [1.165, 1.54) is 6.07 Å². The molecule has 1 aliphatic heterocycles. The molecule has 3 rings (SSSR count). The number of benzene rings is 2. The van der Waals surface area contributed by atoms with Crippen molar-refractivity contribution in [1.82, 2.24) is 0 Å². The molecule has 0 bridgehead atoms. The Kier molecular flexibility index (Phi) is 2.90. The van der Waals surface area contributed by atoms with Gasteiger partial charge in [-0.05, 0) is 49.2 Å². The van der Waals surface area contributed by atoms with Crippen molar-refractivity contribution in [3.8, 4) is 11.5 Å². The molecule has 0 radical (unpaired) electrons. The van der Waals surface area contributed by atoms with Gasteiger partial charge in [0.1, 0.15) is 17.3 Å². The molecule has 0 aliphatic carbocycles. The SMILES string of the molecule is CC1CC(c2ccc(O)cc2)c2cc(F)ccc2O1. The Morgan fingerprint density at radius 2 is 1.89 bits per heavy atom. The summed E-state index contributed by atoms with van der Waals surface area (Å²) in [4.78, 5) is 0. The van der Waals surface area contributed by atoms with Crippen LogP contribution in [-0.4, -0.2) is 11.2 Å². The minimum atomic E-state index is -0.249. The quantitative estimate of drug-likeness (QED) is 0.842. The van der Waals surface area contributed by atoms with Crippen LogP contribution in [-0.2, 0) is 0 Å². The van der Waals surface area contributed by atoms with Gasteiger partial charge in [0, 0.05) is 11.5 Å². The number of halogens is 1. The number of phenolic OH excluding ortho intramolecular Hbond substituents is 1. The van der Waals surface area contributed by atoms with Gasteiger partial charge in [-0.3, -0.25) is 0 Å². The monoisotopic (exact) mass is 258 g/mol. The van der Waals surface area contributed by atoms with E-state index >= 15 is 0 Å². The number of aromatic hydroxyl groups is 1. The third kappa shape index (κ3) is 2.28. The molecule has 3 heteroatoms. The Hall–Kier alpha value is -2.03. The van der Waals surface area contributed by atoms with Crippen molar-refractivity contribution < 1.29 is 14.2 Å². The maximum Gasteiger partial charge on any atom is 0.123 e. The number of phenols is 1. The Bertz CT molecular complexity index is 592. The third-order valence-electron chi connectivity index (χ3n) is 3.54. The van der Waals surface area contributed by atoms with E-state index in [0.717, 1.165) is 23.3 Å². The highest BCUT2D eigenvalue weighted by atomic mass is 19.1. The van der Waals surface area contributed by atoms with Crippen LogP contribution in [0.25, 0.3) is 0 Å². The Morgan fingerprint density at radius 1 is 1.16 bits per heavy atom. The molecule has 19 heavy (non-hydrogen) atoms. The zero-order valence-electron chi connectivity index (χ0n) is 10.6. The van der Waals surface area contributed by atoms with Gasteiger partial charge in [-0.25, -0.2) is 4.39 Å². The fraction of sp³-hybridized carbons (Fsp3) is 0.250. The molecule has 2 atom stereocenters. The minimum Gasteiger partial charge on any atom is -0.508 e. The van der Waals surface area contributed by atoms with E-state index in [-0.39, 0.29) is 23.6 Å². The average Bonchev–Trinajstić information content (AvgIpc) is 2.39. The van der Waals surface area contributed by atoms with Gasteiger partial charge in [0.2, 0.25) is 0 Å². The largest absolute Gasteiger partial charge is 0.508 e. The lowest BCUT2D eigenvalue weighted by atomic mass is 9.84. The number of fused-ring (bicyclic) bond motifs is 1. The molecule has 2 nitrogen and oxygen atoms in total. The summed E-state index contributed by atoms with van der Waals surface area (Å²) in [6.45, 7) is 2.01. The molecule has 0 fully saturated rings. The summed E-state index contributed by atoms with van der Waals surface area (Å²) in [6.07, 6.45) is 0.901. The van der Waals surface area contributed by atoms with Gasteiger partial charge in [-0.15, -0.1) is 0 Å². The maximum atomic E-state index is 13.4. The predicted molar refractivity (Wildman–Crippen MR) is 71.1 cm³/mol. The van der Waals surface area contributed by atoms with Gasteiger partial charge in [-0.2, -0.15) is 0 Å². The molecule has 0 spiro atoms. The van der Waals surface area contributed by atoms with Crippen LogP contribution in [0, 0.1) is 5.82 Å². The first-order chi connectivity index (χ1) is 9.13. The van der Waals surface area contributed by atoms with Crippen molar-refractivity contribution in [3.63, 3.8) is 0 Å². The van der Waals surface area contributed by atoms with Crippen LogP contribution in [0.2, 0.25) is 0 Å². The van der Waals surface area contributed by atoms with E-state index in [0.29, 0.717) is 0 Å². The zero-order chi connectivity index (χ0) is 13.4. The molecule has 98 valence electrons. The molecular weight excluding hydrogens is 243 g/mol. The van der Waals surface area contributed by atoms with Crippen LogP contribution >= 0.6 is 0 Å². The summed E-state index contributed by atoms with van der Waals surface area (Å²) >= 11 is 0. The second-order valence-electron chi connectivity index (χ2n) is 4.99. The topological polar surface area (TPSA) is 29.5 Å². The Balaban J connectivity index is 2.07. The number of hydrogen-bond acceptors (Lipinski definition) is 2. The first kappa shape index (κ1) is 12.0. The van der Waals surface area contributed by atoms with Crippen molar-refractivity contribution in [2.45, 2.75) is 25.4 Å². The molecule has 0 saturated heterocycles. The van der Waals surface area contributed by atoms with Gasteiger partial charge in [-0.1, -0.05) is 12.1 Å². The molecule has 1 aliphatic rings. The highest BCUT2D eigenvalue weighted by Crippen LogP contribution is 2.40. The molecule has 0 aromatic heterocycles. The standard InChI is InChI=1S/C16H15FO2/c1-10-8-14(11-2-5-13(18)6-3-11)15-9-12(17)4-7-16(15)19-10/h2-7,9-10,14,18H,8H2,1H3. The summed E-state index contributed by atoms with van der Waals surface area (Å²) in [5, 5.41) is 9.36. The molecule has 0 amide bonds. The average molecular weight is 258 g/mol. The van der Waals surface area contributed by atoms with Crippen LogP contribution in [0.4, 0.5) is 4.39 Å². The van der Waals surface area contributed by atoms with Gasteiger partial charge >= 0.3 is 0 Å². The number of hydrogen-bond donors (Lipinski definition) is 1. The molecule has 2 aromatic carbocycles. The van der Waals surface area contributed by atoms with Crippen LogP contribution in [0.15, 0.2) is 42.5 Å². The third-order valence-corrected chi connectivity index (χ3v) is 3.54. The second kappa shape index (κ2) is 4.57. The number of ether oxygens (including phenoxy) is 1. The van der Waals surface area contributed by atoms with E-state index in [1.54, 1.807) is 24.3 Å². The van der Waals surface area contributed by atoms with Crippen LogP contribution in [0.1, 0.15) is 30.4 Å². The normalized spacial score (nSPS) is 21.6. The second-order valence-corrected chi connectivity index (χ2v) is 4.99. The van der Waals surface area contributed by atoms with Crippen molar-refractivity contribution in [2.24, 2.45) is 0 Å². The molecule has 1 heterocycles. The summed E-state index contributed by atoms with van der Waals surface area (Å²) in [6, 6.07) is 11.7. The van der Waals surface area contributed by atoms with E-state index in [4.69, 9.17) is 4.74 Å². The van der Waals surface area contributed by atoms with E-state index < -0.39 is 0 Å². The summed E-state index contributed by atoms with van der Waals surface area (Å²) in [5.74, 6) is 0.845. The lowest BCUT2D eigenvalue weighted by Gasteiger charge is -2.30. The maximum absolute atomic E-state index is 13.4. The van der Waals surface area contributed by atoms with Crippen LogP contribution < -0.4 is 4.74 Å². The summed E-state index contributed by atoms with van der Waals surface area (Å²) < 4.78 is 19.2. The van der Waals surface area contributed by atoms with Crippen molar-refractivity contribution in [1.29, 1.82) is 0 Å².